The molecule has 0 atom stereocenters. The highest BCUT2D eigenvalue weighted by Crippen LogP contribution is 2.18. The first-order valence-corrected chi connectivity index (χ1v) is 7.80. The van der Waals surface area contributed by atoms with Gasteiger partial charge < -0.3 is 14.5 Å². The van der Waals surface area contributed by atoms with Gasteiger partial charge in [-0.3, -0.25) is 4.79 Å². The van der Waals surface area contributed by atoms with Gasteiger partial charge in [-0.2, -0.15) is 0 Å². The summed E-state index contributed by atoms with van der Waals surface area (Å²) in [5.74, 6) is 0.160. The van der Waals surface area contributed by atoms with E-state index in [1.807, 2.05) is 27.7 Å². The van der Waals surface area contributed by atoms with Gasteiger partial charge in [0.1, 0.15) is 6.54 Å². The van der Waals surface area contributed by atoms with Crippen molar-refractivity contribution in [2.75, 3.05) is 13.1 Å². The molecule has 0 aliphatic carbocycles. The molecule has 1 aliphatic rings. The van der Waals surface area contributed by atoms with E-state index in [0.29, 0.717) is 11.3 Å². The molecule has 1 aliphatic heterocycles. The van der Waals surface area contributed by atoms with Crippen LogP contribution < -0.4 is 0 Å². The molecule has 6 heteroatoms. The van der Waals surface area contributed by atoms with Crippen molar-refractivity contribution in [2.45, 2.75) is 19.4 Å². The molecular formula is C13H14IN3OS. The van der Waals surface area contributed by atoms with Crippen molar-refractivity contribution in [1.82, 2.24) is 14.5 Å². The van der Waals surface area contributed by atoms with E-state index < -0.39 is 0 Å². The highest BCUT2D eigenvalue weighted by Gasteiger charge is 2.19. The summed E-state index contributed by atoms with van der Waals surface area (Å²) in [5, 5.41) is 0. The zero-order chi connectivity index (χ0) is 13.4. The maximum absolute atomic E-state index is 12.2. The number of hydrogen-bond acceptors (Lipinski definition) is 2. The summed E-state index contributed by atoms with van der Waals surface area (Å²) >= 11 is 7.59. The number of amides is 1. The largest absolute Gasteiger partial charge is 0.341 e. The van der Waals surface area contributed by atoms with Gasteiger partial charge in [-0.15, -0.1) is 0 Å². The smallest absolute Gasteiger partial charge is 0.242 e. The van der Waals surface area contributed by atoms with Gasteiger partial charge in [0, 0.05) is 16.7 Å². The zero-order valence-electron chi connectivity index (χ0n) is 10.4. The first-order chi connectivity index (χ1) is 9.15. The number of rotatable bonds is 2. The third-order valence-electron chi connectivity index (χ3n) is 3.49. The molecule has 2 aromatic rings. The van der Waals surface area contributed by atoms with Crippen molar-refractivity contribution in [2.24, 2.45) is 0 Å². The fourth-order valence-corrected chi connectivity index (χ4v) is 3.26. The summed E-state index contributed by atoms with van der Waals surface area (Å²) in [6, 6.07) is 6.09. The van der Waals surface area contributed by atoms with Crippen LogP contribution in [0.2, 0.25) is 0 Å². The molecule has 0 spiro atoms. The first kappa shape index (κ1) is 13.1. The van der Waals surface area contributed by atoms with E-state index >= 15 is 0 Å². The summed E-state index contributed by atoms with van der Waals surface area (Å²) in [6.45, 7) is 2.10. The number of fused-ring (bicyclic) bond motifs is 1. The number of carbonyl (C=O) groups is 1. The van der Waals surface area contributed by atoms with Crippen LogP contribution in [0.1, 0.15) is 12.8 Å². The summed E-state index contributed by atoms with van der Waals surface area (Å²) in [4.78, 5) is 17.3. The monoisotopic (exact) mass is 387 g/mol. The number of likely N-dealkylation sites (tertiary alicyclic amines) is 1. The molecule has 2 heterocycles. The Balaban J connectivity index is 1.94. The van der Waals surface area contributed by atoms with Gasteiger partial charge in [0.25, 0.3) is 0 Å². The standard InChI is InChI=1S/C13H14IN3OS/c14-9-3-4-11-10(7-9)15-13(19)17(11)8-12(18)16-5-1-2-6-16/h3-4,7H,1-2,5-6,8H2,(H,15,19). The lowest BCUT2D eigenvalue weighted by Crippen LogP contribution is -2.31. The van der Waals surface area contributed by atoms with Crippen molar-refractivity contribution >= 4 is 51.7 Å². The summed E-state index contributed by atoms with van der Waals surface area (Å²) in [5.41, 5.74) is 1.99. The quantitative estimate of drug-likeness (QED) is 0.636. The van der Waals surface area contributed by atoms with E-state index in [4.69, 9.17) is 12.2 Å². The zero-order valence-corrected chi connectivity index (χ0v) is 13.3. The van der Waals surface area contributed by atoms with Crippen LogP contribution in [0.3, 0.4) is 0 Å². The topological polar surface area (TPSA) is 41.0 Å². The molecule has 1 saturated heterocycles. The Morgan fingerprint density at radius 2 is 2.11 bits per heavy atom. The number of aromatic amines is 1. The lowest BCUT2D eigenvalue weighted by Gasteiger charge is -2.15. The van der Waals surface area contributed by atoms with Crippen LogP contribution in [-0.2, 0) is 11.3 Å². The number of halogens is 1. The van der Waals surface area contributed by atoms with E-state index in [9.17, 15) is 4.79 Å². The van der Waals surface area contributed by atoms with Crippen LogP contribution in [-0.4, -0.2) is 33.4 Å². The van der Waals surface area contributed by atoms with Crippen LogP contribution in [0, 0.1) is 8.34 Å². The molecule has 0 bridgehead atoms. The van der Waals surface area contributed by atoms with E-state index in [-0.39, 0.29) is 5.91 Å². The highest BCUT2D eigenvalue weighted by molar-refractivity contribution is 14.1. The van der Waals surface area contributed by atoms with Gasteiger partial charge in [-0.25, -0.2) is 0 Å². The van der Waals surface area contributed by atoms with Crippen LogP contribution in [0.15, 0.2) is 18.2 Å². The number of nitrogens with one attached hydrogen (secondary N) is 1. The van der Waals surface area contributed by atoms with Crippen molar-refractivity contribution in [3.8, 4) is 0 Å². The van der Waals surface area contributed by atoms with Gasteiger partial charge in [0.2, 0.25) is 5.91 Å². The Labute approximate surface area is 129 Å². The van der Waals surface area contributed by atoms with E-state index in [2.05, 4.69) is 27.6 Å². The van der Waals surface area contributed by atoms with Crippen molar-refractivity contribution in [3.63, 3.8) is 0 Å². The van der Waals surface area contributed by atoms with Gasteiger partial charge >= 0.3 is 0 Å². The Morgan fingerprint density at radius 3 is 2.84 bits per heavy atom. The minimum Gasteiger partial charge on any atom is -0.341 e. The lowest BCUT2D eigenvalue weighted by molar-refractivity contribution is -0.130. The number of imidazole rings is 1. The van der Waals surface area contributed by atoms with Crippen LogP contribution in [0.5, 0.6) is 0 Å². The molecule has 1 fully saturated rings. The lowest BCUT2D eigenvalue weighted by atomic mass is 10.3. The van der Waals surface area contributed by atoms with Crippen LogP contribution in [0.25, 0.3) is 11.0 Å². The predicted molar refractivity (Wildman–Crippen MR) is 85.7 cm³/mol. The fraction of sp³-hybridized carbons (Fsp3) is 0.385. The second-order valence-corrected chi connectivity index (χ2v) is 6.40. The summed E-state index contributed by atoms with van der Waals surface area (Å²) in [7, 11) is 0. The molecule has 1 aromatic heterocycles. The molecule has 3 rings (SSSR count). The molecule has 19 heavy (non-hydrogen) atoms. The van der Waals surface area contributed by atoms with Crippen molar-refractivity contribution < 1.29 is 4.79 Å². The van der Waals surface area contributed by atoms with Crippen LogP contribution >= 0.6 is 34.8 Å². The van der Waals surface area contributed by atoms with E-state index in [1.54, 1.807) is 0 Å². The Hall–Kier alpha value is -0.890. The molecule has 1 amide bonds. The molecule has 0 saturated carbocycles. The van der Waals surface area contributed by atoms with E-state index in [1.165, 1.54) is 0 Å². The molecule has 0 unspecified atom stereocenters. The minimum absolute atomic E-state index is 0.160. The van der Waals surface area contributed by atoms with Gasteiger partial charge in [-0.05, 0) is 65.8 Å². The molecule has 1 aromatic carbocycles. The number of benzene rings is 1. The molecule has 0 radical (unpaired) electrons. The van der Waals surface area contributed by atoms with Crippen molar-refractivity contribution in [3.05, 3.63) is 26.5 Å². The van der Waals surface area contributed by atoms with E-state index in [0.717, 1.165) is 40.5 Å². The first-order valence-electron chi connectivity index (χ1n) is 6.31. The number of H-pyrrole nitrogens is 1. The SMILES string of the molecule is O=C(Cn1c(=S)[nH]c2cc(I)ccc21)N1CCCC1. The fourth-order valence-electron chi connectivity index (χ4n) is 2.49. The molecular weight excluding hydrogens is 373 g/mol. The average Bonchev–Trinajstić information content (AvgIpc) is 2.98. The average molecular weight is 387 g/mol. The normalized spacial score (nSPS) is 15.3. The second kappa shape index (κ2) is 5.24. The van der Waals surface area contributed by atoms with Crippen LogP contribution in [0.4, 0.5) is 0 Å². The van der Waals surface area contributed by atoms with Crippen molar-refractivity contribution in [1.29, 1.82) is 0 Å². The summed E-state index contributed by atoms with van der Waals surface area (Å²) in [6.07, 6.45) is 2.23. The predicted octanol–water partition coefficient (Wildman–Crippen LogP) is 2.93. The third kappa shape index (κ3) is 2.55. The highest BCUT2D eigenvalue weighted by atomic mass is 127. The summed E-state index contributed by atoms with van der Waals surface area (Å²) < 4.78 is 3.66. The Morgan fingerprint density at radius 1 is 1.37 bits per heavy atom. The van der Waals surface area contributed by atoms with Gasteiger partial charge in [0.05, 0.1) is 11.0 Å². The maximum Gasteiger partial charge on any atom is 0.242 e. The molecule has 4 nitrogen and oxygen atoms in total. The third-order valence-corrected chi connectivity index (χ3v) is 4.48. The second-order valence-electron chi connectivity index (χ2n) is 4.77. The number of aromatic nitrogens is 2. The van der Waals surface area contributed by atoms with Gasteiger partial charge in [-0.1, -0.05) is 0 Å². The molecule has 100 valence electrons. The number of carbonyl (C=O) groups excluding carboxylic acids is 1. The Kier molecular flexibility index (Phi) is 3.62. The van der Waals surface area contributed by atoms with Gasteiger partial charge in [0.15, 0.2) is 4.77 Å². The maximum atomic E-state index is 12.2. The Bertz CT molecular complexity index is 685. The number of hydrogen-bond donors (Lipinski definition) is 1. The number of nitrogens with zero attached hydrogens (tertiary/aromatic N) is 2. The minimum atomic E-state index is 0.160. The molecule has 1 N–H and O–H groups in total.